The number of hydrogen-bond donors (Lipinski definition) is 2. The molecule has 0 aliphatic heterocycles. The van der Waals surface area contributed by atoms with E-state index in [0.29, 0.717) is 22.4 Å². The molecule has 0 amide bonds. The molecular formula is C14H9FN2O2. The first-order valence-corrected chi connectivity index (χ1v) is 5.63. The second-order valence-electron chi connectivity index (χ2n) is 4.10. The summed E-state index contributed by atoms with van der Waals surface area (Å²) in [7, 11) is 0. The number of fused-ring (bicyclic) bond motifs is 1. The smallest absolute Gasteiger partial charge is 0.337 e. The van der Waals surface area contributed by atoms with Gasteiger partial charge >= 0.3 is 5.97 Å². The monoisotopic (exact) mass is 256 g/mol. The van der Waals surface area contributed by atoms with Crippen molar-refractivity contribution in [3.05, 3.63) is 53.8 Å². The molecule has 0 aliphatic rings. The number of carbonyl (C=O) groups is 1. The summed E-state index contributed by atoms with van der Waals surface area (Å²) in [6.07, 6.45) is 0. The van der Waals surface area contributed by atoms with Crippen LogP contribution in [0.5, 0.6) is 0 Å². The summed E-state index contributed by atoms with van der Waals surface area (Å²) in [4.78, 5) is 18.3. The van der Waals surface area contributed by atoms with Gasteiger partial charge in [-0.05, 0) is 24.3 Å². The Hall–Kier alpha value is -2.69. The molecule has 94 valence electrons. The van der Waals surface area contributed by atoms with Gasteiger partial charge in [-0.1, -0.05) is 18.2 Å². The van der Waals surface area contributed by atoms with Crippen molar-refractivity contribution in [3.63, 3.8) is 0 Å². The summed E-state index contributed by atoms with van der Waals surface area (Å²) in [5, 5.41) is 9.10. The van der Waals surface area contributed by atoms with E-state index < -0.39 is 5.97 Å². The predicted molar refractivity (Wildman–Crippen MR) is 68.4 cm³/mol. The Balaban J connectivity index is 2.22. The second-order valence-corrected chi connectivity index (χ2v) is 4.10. The molecule has 0 bridgehead atoms. The van der Waals surface area contributed by atoms with E-state index in [9.17, 15) is 9.18 Å². The molecule has 0 unspecified atom stereocenters. The zero-order valence-corrected chi connectivity index (χ0v) is 9.72. The summed E-state index contributed by atoms with van der Waals surface area (Å²) < 4.78 is 13.2. The van der Waals surface area contributed by atoms with Gasteiger partial charge in [0, 0.05) is 5.56 Å². The number of aromatic nitrogens is 2. The van der Waals surface area contributed by atoms with Crippen LogP contribution in [0.1, 0.15) is 10.4 Å². The maximum atomic E-state index is 13.2. The van der Waals surface area contributed by atoms with Gasteiger partial charge in [-0.3, -0.25) is 0 Å². The molecule has 0 fully saturated rings. The van der Waals surface area contributed by atoms with Crippen molar-refractivity contribution >= 4 is 17.0 Å². The first kappa shape index (κ1) is 11.4. The lowest BCUT2D eigenvalue weighted by molar-refractivity contribution is 0.0699. The van der Waals surface area contributed by atoms with Crippen molar-refractivity contribution in [2.75, 3.05) is 0 Å². The molecule has 0 atom stereocenters. The Morgan fingerprint density at radius 1 is 1.21 bits per heavy atom. The van der Waals surface area contributed by atoms with E-state index in [2.05, 4.69) is 9.97 Å². The van der Waals surface area contributed by atoms with Gasteiger partial charge in [0.25, 0.3) is 0 Å². The van der Waals surface area contributed by atoms with Gasteiger partial charge in [-0.15, -0.1) is 0 Å². The first-order valence-electron chi connectivity index (χ1n) is 5.63. The number of carboxylic acid groups (broad SMARTS) is 1. The highest BCUT2D eigenvalue weighted by Crippen LogP contribution is 2.23. The number of nitrogens with zero attached hydrogens (tertiary/aromatic N) is 1. The van der Waals surface area contributed by atoms with E-state index in [0.717, 1.165) is 0 Å². The van der Waals surface area contributed by atoms with Crippen molar-refractivity contribution in [3.8, 4) is 11.4 Å². The number of hydrogen-bond acceptors (Lipinski definition) is 2. The molecule has 1 heterocycles. The average molecular weight is 256 g/mol. The number of rotatable bonds is 2. The second kappa shape index (κ2) is 4.20. The minimum Gasteiger partial charge on any atom is -0.478 e. The highest BCUT2D eigenvalue weighted by Gasteiger charge is 2.13. The minimum atomic E-state index is -1.03. The van der Waals surface area contributed by atoms with Crippen LogP contribution in [0.25, 0.3) is 22.4 Å². The highest BCUT2D eigenvalue weighted by atomic mass is 19.1. The molecule has 2 N–H and O–H groups in total. The fraction of sp³-hybridized carbons (Fsp3) is 0. The van der Waals surface area contributed by atoms with E-state index in [1.807, 2.05) is 0 Å². The molecule has 4 nitrogen and oxygen atoms in total. The van der Waals surface area contributed by atoms with Crippen molar-refractivity contribution < 1.29 is 14.3 Å². The van der Waals surface area contributed by atoms with E-state index in [1.54, 1.807) is 24.3 Å². The largest absolute Gasteiger partial charge is 0.478 e. The van der Waals surface area contributed by atoms with Crippen LogP contribution in [-0.2, 0) is 0 Å². The molecule has 5 heteroatoms. The number of halogens is 1. The Morgan fingerprint density at radius 3 is 2.74 bits per heavy atom. The Labute approximate surface area is 107 Å². The lowest BCUT2D eigenvalue weighted by Crippen LogP contribution is -1.96. The number of aromatic carboxylic acids is 1. The van der Waals surface area contributed by atoms with Crippen LogP contribution in [0.15, 0.2) is 42.5 Å². The van der Waals surface area contributed by atoms with Gasteiger partial charge in [0.05, 0.1) is 16.6 Å². The number of para-hydroxylation sites is 1. The summed E-state index contributed by atoms with van der Waals surface area (Å²) in [6.45, 7) is 0. The number of benzene rings is 2. The van der Waals surface area contributed by atoms with Crippen LogP contribution in [0.4, 0.5) is 4.39 Å². The maximum absolute atomic E-state index is 13.2. The summed E-state index contributed by atoms with van der Waals surface area (Å²) in [5.74, 6) is -0.945. The Morgan fingerprint density at radius 2 is 2.00 bits per heavy atom. The lowest BCUT2D eigenvalue weighted by atomic mass is 10.2. The number of aromatic amines is 1. The minimum absolute atomic E-state index is 0.146. The van der Waals surface area contributed by atoms with E-state index >= 15 is 0 Å². The fourth-order valence-electron chi connectivity index (χ4n) is 1.98. The molecule has 0 spiro atoms. The third-order valence-corrected chi connectivity index (χ3v) is 2.85. The molecule has 1 aromatic heterocycles. The number of H-pyrrole nitrogens is 1. The quantitative estimate of drug-likeness (QED) is 0.740. The van der Waals surface area contributed by atoms with Crippen LogP contribution in [0.3, 0.4) is 0 Å². The molecule has 0 aliphatic carbocycles. The van der Waals surface area contributed by atoms with Crippen molar-refractivity contribution in [2.45, 2.75) is 0 Å². The maximum Gasteiger partial charge on any atom is 0.337 e. The summed E-state index contributed by atoms with van der Waals surface area (Å²) >= 11 is 0. The molecule has 0 radical (unpaired) electrons. The number of carboxylic acids is 1. The third-order valence-electron chi connectivity index (χ3n) is 2.85. The highest BCUT2D eigenvalue weighted by molar-refractivity contribution is 6.01. The fourth-order valence-corrected chi connectivity index (χ4v) is 1.98. The first-order chi connectivity index (χ1) is 9.15. The van der Waals surface area contributed by atoms with Crippen LogP contribution in [-0.4, -0.2) is 21.0 Å². The predicted octanol–water partition coefficient (Wildman–Crippen LogP) is 3.07. The van der Waals surface area contributed by atoms with Gasteiger partial charge in [0.2, 0.25) is 0 Å². The standard InChI is InChI=1S/C14H9FN2O2/c15-9-4-1-3-8(7-9)13-16-11-6-2-5-10(14(18)19)12(11)17-13/h1-7H,(H,16,17)(H,18,19). The number of nitrogens with one attached hydrogen (secondary N) is 1. The third kappa shape index (κ3) is 1.95. The Bertz CT molecular complexity index is 780. The Kier molecular flexibility index (Phi) is 2.52. The van der Waals surface area contributed by atoms with Gasteiger partial charge in [-0.25, -0.2) is 14.2 Å². The zero-order chi connectivity index (χ0) is 13.4. The molecule has 3 aromatic rings. The van der Waals surface area contributed by atoms with Crippen LogP contribution < -0.4 is 0 Å². The topological polar surface area (TPSA) is 66.0 Å². The number of imidazole rings is 1. The molecule has 19 heavy (non-hydrogen) atoms. The molecule has 2 aromatic carbocycles. The normalized spacial score (nSPS) is 10.8. The van der Waals surface area contributed by atoms with Crippen LogP contribution in [0.2, 0.25) is 0 Å². The van der Waals surface area contributed by atoms with E-state index in [1.165, 1.54) is 18.2 Å². The SMILES string of the molecule is O=C(O)c1cccc2nc(-c3cccc(F)c3)[nH]c12. The van der Waals surface area contributed by atoms with Gasteiger partial charge in [-0.2, -0.15) is 0 Å². The van der Waals surface area contributed by atoms with E-state index in [4.69, 9.17) is 5.11 Å². The molecule has 0 saturated heterocycles. The van der Waals surface area contributed by atoms with Gasteiger partial charge < -0.3 is 10.1 Å². The molecule has 3 rings (SSSR count). The van der Waals surface area contributed by atoms with Crippen molar-refractivity contribution in [1.82, 2.24) is 9.97 Å². The van der Waals surface area contributed by atoms with Crippen molar-refractivity contribution in [2.24, 2.45) is 0 Å². The van der Waals surface area contributed by atoms with Crippen LogP contribution in [0, 0.1) is 5.82 Å². The van der Waals surface area contributed by atoms with E-state index in [-0.39, 0.29) is 11.4 Å². The zero-order valence-electron chi connectivity index (χ0n) is 9.72. The molecule has 0 saturated carbocycles. The summed E-state index contributed by atoms with van der Waals surface area (Å²) in [5.41, 5.74) is 1.70. The average Bonchev–Trinajstić information content (AvgIpc) is 2.82. The van der Waals surface area contributed by atoms with Gasteiger partial charge in [0.1, 0.15) is 11.6 Å². The summed E-state index contributed by atoms with van der Waals surface area (Å²) in [6, 6.07) is 10.8. The van der Waals surface area contributed by atoms with Gasteiger partial charge in [0.15, 0.2) is 0 Å². The van der Waals surface area contributed by atoms with Crippen LogP contribution >= 0.6 is 0 Å². The van der Waals surface area contributed by atoms with Crippen molar-refractivity contribution in [1.29, 1.82) is 0 Å². The molecular weight excluding hydrogens is 247 g/mol. The lowest BCUT2D eigenvalue weighted by Gasteiger charge is -1.96.